The molecule has 0 bridgehead atoms. The zero-order valence-electron chi connectivity index (χ0n) is 27.2. The molecule has 238 valence electrons. The van der Waals surface area contributed by atoms with Crippen molar-refractivity contribution in [2.75, 3.05) is 87.1 Å². The van der Waals surface area contributed by atoms with Crippen molar-refractivity contribution in [3.63, 3.8) is 0 Å². The number of guanidine groups is 2. The van der Waals surface area contributed by atoms with E-state index in [2.05, 4.69) is 101 Å². The highest BCUT2D eigenvalue weighted by Crippen LogP contribution is 2.28. The summed E-state index contributed by atoms with van der Waals surface area (Å²) in [5, 5.41) is 13.4. The van der Waals surface area contributed by atoms with Gasteiger partial charge in [-0.3, -0.25) is 9.98 Å². The van der Waals surface area contributed by atoms with Crippen molar-refractivity contribution in [1.29, 1.82) is 0 Å². The monoisotopic (exact) mass is 598 g/mol. The Labute approximate surface area is 257 Å². The van der Waals surface area contributed by atoms with Crippen LogP contribution in [0.2, 0.25) is 0 Å². The summed E-state index contributed by atoms with van der Waals surface area (Å²) in [5.41, 5.74) is 3.78. The number of nitrogens with one attached hydrogen (secondary N) is 4. The van der Waals surface area contributed by atoms with Gasteiger partial charge in [0.25, 0.3) is 0 Å². The predicted octanol–water partition coefficient (Wildman–Crippen LogP) is 4.76. The molecule has 2 aromatic rings. The van der Waals surface area contributed by atoms with Crippen LogP contribution in [0.25, 0.3) is 0 Å². The molecule has 0 aromatic heterocycles. The lowest BCUT2D eigenvalue weighted by Crippen LogP contribution is -2.44. The summed E-state index contributed by atoms with van der Waals surface area (Å²) < 4.78 is 24.5. The van der Waals surface area contributed by atoms with Crippen LogP contribution >= 0.6 is 0 Å². The topological polar surface area (TPSA) is 97.8 Å². The van der Waals surface area contributed by atoms with Crippen LogP contribution < -0.4 is 31.1 Å². The van der Waals surface area contributed by atoms with Crippen molar-refractivity contribution in [3.8, 4) is 0 Å². The molecule has 2 fully saturated rings. The van der Waals surface area contributed by atoms with Crippen LogP contribution in [0.15, 0.2) is 52.4 Å². The number of hydrogen-bond donors (Lipinski definition) is 4. The maximum Gasteiger partial charge on any atom is 0.195 e. The fourth-order valence-corrected chi connectivity index (χ4v) is 4.59. The van der Waals surface area contributed by atoms with Gasteiger partial charge in [0.1, 0.15) is 5.82 Å². The summed E-state index contributed by atoms with van der Waals surface area (Å²) in [7, 11) is 3.51. The second kappa shape index (κ2) is 15.8. The molecule has 0 amide bonds. The first-order chi connectivity index (χ1) is 20.4. The number of anilines is 4. The molecule has 11 heteroatoms. The molecule has 0 radical (unpaired) electrons. The van der Waals surface area contributed by atoms with Crippen molar-refractivity contribution < 1.29 is 13.9 Å². The summed E-state index contributed by atoms with van der Waals surface area (Å²) in [5.74, 6) is 1.20. The Bertz CT molecular complexity index is 1210. The highest BCUT2D eigenvalue weighted by Gasteiger charge is 2.19. The van der Waals surface area contributed by atoms with E-state index < -0.39 is 0 Å². The van der Waals surface area contributed by atoms with E-state index in [-0.39, 0.29) is 16.9 Å². The summed E-state index contributed by atoms with van der Waals surface area (Å²) >= 11 is 0. The van der Waals surface area contributed by atoms with E-state index in [4.69, 9.17) is 9.47 Å². The highest BCUT2D eigenvalue weighted by atomic mass is 19.1. The van der Waals surface area contributed by atoms with Crippen LogP contribution in [0, 0.1) is 5.82 Å². The summed E-state index contributed by atoms with van der Waals surface area (Å²) in [4.78, 5) is 13.0. The van der Waals surface area contributed by atoms with E-state index >= 15 is 0 Å². The van der Waals surface area contributed by atoms with Crippen LogP contribution in [0.1, 0.15) is 41.5 Å². The number of halogens is 1. The molecule has 43 heavy (non-hydrogen) atoms. The molecule has 0 unspecified atom stereocenters. The Hall–Kier alpha value is -3.57. The standard InChI is InChI=1S/C16H25FN4O.C16H26N4O/c1-16(2,3)20-15(18-4)19-13-6-5-12(17)11-14(13)21-7-9-22-10-8-21;1-16(2,3)19-15(17-4)18-13-7-5-6-8-14(13)20-9-11-21-12-10-20/h5-6,11H,7-10H2,1-4H3,(H2,18,19,20);5-8H,9-12H2,1-4H3,(H2,17,18,19). The SMILES string of the molecule is CN=C(Nc1ccc(F)cc1N1CCOCC1)NC(C)(C)C.CN=C(Nc1ccccc1N1CCOCC1)NC(C)(C)C. The minimum absolute atomic E-state index is 0.0320. The average molecular weight is 599 g/mol. The van der Waals surface area contributed by atoms with Gasteiger partial charge in [-0.15, -0.1) is 0 Å². The largest absolute Gasteiger partial charge is 0.378 e. The van der Waals surface area contributed by atoms with Gasteiger partial charge in [0, 0.05) is 51.4 Å². The Balaban J connectivity index is 0.000000236. The van der Waals surface area contributed by atoms with Crippen LogP contribution in [-0.4, -0.2) is 89.7 Å². The van der Waals surface area contributed by atoms with Gasteiger partial charge >= 0.3 is 0 Å². The number of para-hydroxylation sites is 2. The summed E-state index contributed by atoms with van der Waals surface area (Å²) in [6, 6.07) is 13.1. The molecule has 2 aliphatic rings. The second-order valence-corrected chi connectivity index (χ2v) is 12.5. The van der Waals surface area contributed by atoms with Crippen molar-refractivity contribution in [2.24, 2.45) is 9.98 Å². The van der Waals surface area contributed by atoms with Gasteiger partial charge in [0.05, 0.1) is 49.2 Å². The van der Waals surface area contributed by atoms with E-state index in [1.54, 1.807) is 26.2 Å². The predicted molar refractivity (Wildman–Crippen MR) is 179 cm³/mol. The smallest absolute Gasteiger partial charge is 0.195 e. The molecule has 0 aliphatic carbocycles. The Morgan fingerprint density at radius 1 is 0.674 bits per heavy atom. The van der Waals surface area contributed by atoms with Crippen LogP contribution in [0.3, 0.4) is 0 Å². The maximum absolute atomic E-state index is 13.7. The van der Waals surface area contributed by atoms with E-state index in [9.17, 15) is 4.39 Å². The van der Waals surface area contributed by atoms with E-state index in [0.29, 0.717) is 19.2 Å². The Morgan fingerprint density at radius 2 is 1.12 bits per heavy atom. The fraction of sp³-hybridized carbons (Fsp3) is 0.562. The molecule has 2 saturated heterocycles. The fourth-order valence-electron chi connectivity index (χ4n) is 4.59. The lowest BCUT2D eigenvalue weighted by atomic mass is 10.1. The number of rotatable bonds is 4. The second-order valence-electron chi connectivity index (χ2n) is 12.5. The molecule has 2 aromatic carbocycles. The van der Waals surface area contributed by atoms with Crippen LogP contribution in [0.5, 0.6) is 0 Å². The average Bonchev–Trinajstić information content (AvgIpc) is 2.97. The van der Waals surface area contributed by atoms with Gasteiger partial charge in [-0.05, 0) is 71.9 Å². The zero-order chi connectivity index (χ0) is 31.5. The molecular weight excluding hydrogens is 547 g/mol. The minimum Gasteiger partial charge on any atom is -0.378 e. The normalized spacial score (nSPS) is 16.7. The van der Waals surface area contributed by atoms with Crippen LogP contribution in [0.4, 0.5) is 27.1 Å². The van der Waals surface area contributed by atoms with Gasteiger partial charge < -0.3 is 40.5 Å². The van der Waals surface area contributed by atoms with E-state index in [1.165, 1.54) is 11.8 Å². The van der Waals surface area contributed by atoms with Crippen molar-refractivity contribution in [1.82, 2.24) is 10.6 Å². The number of morpholine rings is 2. The lowest BCUT2D eigenvalue weighted by molar-refractivity contribution is 0.122. The Morgan fingerprint density at radius 3 is 1.58 bits per heavy atom. The molecule has 0 spiro atoms. The van der Waals surface area contributed by atoms with Gasteiger partial charge in [0.2, 0.25) is 0 Å². The third-order valence-electron chi connectivity index (χ3n) is 6.51. The molecular formula is C32H51FN8O2. The van der Waals surface area contributed by atoms with E-state index in [1.807, 2.05) is 6.07 Å². The van der Waals surface area contributed by atoms with E-state index in [0.717, 1.165) is 62.4 Å². The quantitative estimate of drug-likeness (QED) is 0.296. The lowest BCUT2D eigenvalue weighted by Gasteiger charge is -2.31. The molecule has 2 heterocycles. The molecule has 10 nitrogen and oxygen atoms in total. The van der Waals surface area contributed by atoms with Crippen molar-refractivity contribution in [2.45, 2.75) is 52.6 Å². The third-order valence-corrected chi connectivity index (χ3v) is 6.51. The summed E-state index contributed by atoms with van der Waals surface area (Å²) in [6.07, 6.45) is 0. The number of aliphatic imine (C=N–C) groups is 2. The number of ether oxygens (including phenoxy) is 2. The molecule has 4 N–H and O–H groups in total. The van der Waals surface area contributed by atoms with Crippen molar-refractivity contribution >= 4 is 34.7 Å². The third kappa shape index (κ3) is 11.6. The molecule has 4 rings (SSSR count). The van der Waals surface area contributed by atoms with Gasteiger partial charge in [-0.25, -0.2) is 4.39 Å². The first-order valence-corrected chi connectivity index (χ1v) is 15.0. The van der Waals surface area contributed by atoms with Gasteiger partial charge in [0.15, 0.2) is 11.9 Å². The maximum atomic E-state index is 13.7. The molecule has 0 atom stereocenters. The highest BCUT2D eigenvalue weighted by molar-refractivity contribution is 5.97. The van der Waals surface area contributed by atoms with Crippen molar-refractivity contribution in [3.05, 3.63) is 48.3 Å². The molecule has 0 saturated carbocycles. The zero-order valence-corrected chi connectivity index (χ0v) is 27.2. The number of nitrogens with zero attached hydrogens (tertiary/aromatic N) is 4. The summed E-state index contributed by atoms with van der Waals surface area (Å²) in [6.45, 7) is 18.8. The Kier molecular flexibility index (Phi) is 12.4. The van der Waals surface area contributed by atoms with Gasteiger partial charge in [-0.1, -0.05) is 12.1 Å². The first-order valence-electron chi connectivity index (χ1n) is 15.0. The minimum atomic E-state index is -0.245. The van der Waals surface area contributed by atoms with Gasteiger partial charge in [-0.2, -0.15) is 0 Å². The van der Waals surface area contributed by atoms with Crippen LogP contribution in [-0.2, 0) is 9.47 Å². The number of hydrogen-bond acceptors (Lipinski definition) is 6. The molecule has 2 aliphatic heterocycles. The number of benzene rings is 2. The first kappa shape index (κ1) is 33.9.